The third kappa shape index (κ3) is 4.64. The molecule has 0 spiro atoms. The predicted molar refractivity (Wildman–Crippen MR) is 76.2 cm³/mol. The van der Waals surface area contributed by atoms with E-state index in [1.807, 2.05) is 23.7 Å². The molecule has 92 valence electrons. The Hall–Kier alpha value is -0.610. The minimum atomic E-state index is 0. The van der Waals surface area contributed by atoms with Gasteiger partial charge in [-0.25, -0.2) is 4.98 Å². The number of rotatable bonds is 5. The first-order valence-corrected chi connectivity index (χ1v) is 6.49. The van der Waals surface area contributed by atoms with E-state index in [1.165, 1.54) is 5.56 Å². The van der Waals surface area contributed by atoms with Gasteiger partial charge in [-0.3, -0.25) is 0 Å². The second-order valence-electron chi connectivity index (χ2n) is 3.50. The molecule has 0 atom stereocenters. The molecule has 0 amide bonds. The number of thiazole rings is 1. The normalized spacial score (nSPS) is 9.94. The first kappa shape index (κ1) is 14.5. The molecule has 0 fully saturated rings. The third-order valence-corrected chi connectivity index (χ3v) is 3.32. The summed E-state index contributed by atoms with van der Waals surface area (Å²) in [6.07, 6.45) is 0.948. The topological polar surface area (TPSA) is 24.9 Å². The Morgan fingerprint density at radius 2 is 2.12 bits per heavy atom. The molecule has 0 unspecified atom stereocenters. The molecule has 0 radical (unpaired) electrons. The smallest absolute Gasteiger partial charge is 0.0795 e. The molecule has 0 aliphatic carbocycles. The molecule has 2 rings (SSSR count). The molecule has 0 aliphatic rings. The van der Waals surface area contributed by atoms with Gasteiger partial charge in [0, 0.05) is 16.9 Å². The highest BCUT2D eigenvalue weighted by Gasteiger charge is 1.98. The minimum absolute atomic E-state index is 0. The number of nitrogens with zero attached hydrogens (tertiary/aromatic N) is 1. The van der Waals surface area contributed by atoms with E-state index in [0.29, 0.717) is 0 Å². The van der Waals surface area contributed by atoms with Crippen molar-refractivity contribution in [3.63, 3.8) is 0 Å². The Bertz CT molecular complexity index is 432. The van der Waals surface area contributed by atoms with E-state index in [1.54, 1.807) is 11.3 Å². The monoisotopic (exact) mass is 288 g/mol. The highest BCUT2D eigenvalue weighted by atomic mass is 35.5. The van der Waals surface area contributed by atoms with Crippen LogP contribution in [0.3, 0.4) is 0 Å². The van der Waals surface area contributed by atoms with Gasteiger partial charge in [-0.05, 0) is 24.6 Å². The molecule has 0 aliphatic heterocycles. The van der Waals surface area contributed by atoms with Crippen LogP contribution in [0.5, 0.6) is 0 Å². The largest absolute Gasteiger partial charge is 0.311 e. The summed E-state index contributed by atoms with van der Waals surface area (Å²) in [6, 6.07) is 7.96. The number of benzene rings is 1. The highest BCUT2D eigenvalue weighted by Crippen LogP contribution is 2.14. The molecule has 1 N–H and O–H groups in total. The summed E-state index contributed by atoms with van der Waals surface area (Å²) in [7, 11) is 0. The van der Waals surface area contributed by atoms with Crippen molar-refractivity contribution in [1.82, 2.24) is 10.3 Å². The maximum Gasteiger partial charge on any atom is 0.0795 e. The van der Waals surface area contributed by atoms with Crippen molar-refractivity contribution in [2.75, 3.05) is 6.54 Å². The van der Waals surface area contributed by atoms with Crippen LogP contribution in [-0.2, 0) is 13.0 Å². The quantitative estimate of drug-likeness (QED) is 0.851. The van der Waals surface area contributed by atoms with Crippen LogP contribution in [0.25, 0.3) is 0 Å². The molecule has 0 bridgehead atoms. The van der Waals surface area contributed by atoms with Gasteiger partial charge in [0.05, 0.1) is 11.2 Å². The van der Waals surface area contributed by atoms with Crippen LogP contribution in [0.1, 0.15) is 11.3 Å². The van der Waals surface area contributed by atoms with Crippen molar-refractivity contribution < 1.29 is 0 Å². The lowest BCUT2D eigenvalue weighted by Gasteiger charge is -2.04. The van der Waals surface area contributed by atoms with E-state index in [9.17, 15) is 0 Å². The van der Waals surface area contributed by atoms with Gasteiger partial charge in [-0.15, -0.1) is 23.7 Å². The van der Waals surface area contributed by atoms with Crippen LogP contribution in [0.15, 0.2) is 35.2 Å². The van der Waals surface area contributed by atoms with E-state index < -0.39 is 0 Å². The van der Waals surface area contributed by atoms with Gasteiger partial charge in [0.2, 0.25) is 0 Å². The standard InChI is InChI=1S/C12H13ClN2S.ClH/c13-12-4-2-1-3-10(12)5-6-14-7-11-8-16-9-15-11;/h1-4,8-9,14H,5-7H2;1H. The maximum absolute atomic E-state index is 6.06. The van der Waals surface area contributed by atoms with Crippen LogP contribution in [0, 0.1) is 0 Å². The molecule has 1 heterocycles. The zero-order chi connectivity index (χ0) is 11.2. The number of nitrogens with one attached hydrogen (secondary N) is 1. The zero-order valence-corrected chi connectivity index (χ0v) is 11.6. The van der Waals surface area contributed by atoms with Crippen molar-refractivity contribution in [3.8, 4) is 0 Å². The van der Waals surface area contributed by atoms with Crippen molar-refractivity contribution >= 4 is 35.3 Å². The van der Waals surface area contributed by atoms with Gasteiger partial charge < -0.3 is 5.32 Å². The second kappa shape index (κ2) is 7.67. The molecule has 0 saturated carbocycles. The van der Waals surface area contributed by atoms with Crippen LogP contribution in [-0.4, -0.2) is 11.5 Å². The molecule has 2 aromatic rings. The lowest BCUT2D eigenvalue weighted by Crippen LogP contribution is -2.16. The fourth-order valence-corrected chi connectivity index (χ4v) is 2.25. The Morgan fingerprint density at radius 3 is 2.82 bits per heavy atom. The van der Waals surface area contributed by atoms with E-state index in [2.05, 4.69) is 21.7 Å². The van der Waals surface area contributed by atoms with Gasteiger partial charge in [-0.1, -0.05) is 29.8 Å². The molecule has 0 saturated heterocycles. The average molecular weight is 289 g/mol. The molecule has 2 nitrogen and oxygen atoms in total. The molecular weight excluding hydrogens is 275 g/mol. The van der Waals surface area contributed by atoms with Crippen LogP contribution >= 0.6 is 35.3 Å². The van der Waals surface area contributed by atoms with Crippen LogP contribution < -0.4 is 5.32 Å². The van der Waals surface area contributed by atoms with Gasteiger partial charge >= 0.3 is 0 Å². The molecule has 17 heavy (non-hydrogen) atoms. The summed E-state index contributed by atoms with van der Waals surface area (Å²) in [4.78, 5) is 4.21. The maximum atomic E-state index is 6.06. The Morgan fingerprint density at radius 1 is 1.29 bits per heavy atom. The van der Waals surface area contributed by atoms with Crippen molar-refractivity contribution in [1.29, 1.82) is 0 Å². The zero-order valence-electron chi connectivity index (χ0n) is 9.23. The van der Waals surface area contributed by atoms with Crippen molar-refractivity contribution in [3.05, 3.63) is 51.4 Å². The van der Waals surface area contributed by atoms with Crippen LogP contribution in [0.4, 0.5) is 0 Å². The Kier molecular flexibility index (Phi) is 6.52. The first-order valence-electron chi connectivity index (χ1n) is 5.17. The van der Waals surface area contributed by atoms with Gasteiger partial charge in [0.1, 0.15) is 0 Å². The number of hydrogen-bond acceptors (Lipinski definition) is 3. The average Bonchev–Trinajstić information content (AvgIpc) is 2.79. The summed E-state index contributed by atoms with van der Waals surface area (Å²) in [6.45, 7) is 1.75. The highest BCUT2D eigenvalue weighted by molar-refractivity contribution is 7.07. The second-order valence-corrected chi connectivity index (χ2v) is 4.62. The lowest BCUT2D eigenvalue weighted by molar-refractivity contribution is 0.677. The van der Waals surface area contributed by atoms with Gasteiger partial charge in [-0.2, -0.15) is 0 Å². The lowest BCUT2D eigenvalue weighted by atomic mass is 10.1. The minimum Gasteiger partial charge on any atom is -0.311 e. The third-order valence-electron chi connectivity index (χ3n) is 2.32. The SMILES string of the molecule is Cl.Clc1ccccc1CCNCc1cscn1. The van der Waals surface area contributed by atoms with Gasteiger partial charge in [0.25, 0.3) is 0 Å². The van der Waals surface area contributed by atoms with E-state index >= 15 is 0 Å². The number of aromatic nitrogens is 1. The Balaban J connectivity index is 0.00000144. The number of halogens is 2. The molecular formula is C12H14Cl2N2S. The summed E-state index contributed by atoms with van der Waals surface area (Å²) in [5.74, 6) is 0. The summed E-state index contributed by atoms with van der Waals surface area (Å²) >= 11 is 7.69. The van der Waals surface area contributed by atoms with Crippen molar-refractivity contribution in [2.45, 2.75) is 13.0 Å². The number of hydrogen-bond donors (Lipinski definition) is 1. The molecule has 1 aromatic carbocycles. The van der Waals surface area contributed by atoms with E-state index in [-0.39, 0.29) is 12.4 Å². The first-order chi connectivity index (χ1) is 7.86. The van der Waals surface area contributed by atoms with Gasteiger partial charge in [0.15, 0.2) is 0 Å². The fourth-order valence-electron chi connectivity index (χ4n) is 1.47. The van der Waals surface area contributed by atoms with Crippen molar-refractivity contribution in [2.24, 2.45) is 0 Å². The fraction of sp³-hybridized carbons (Fsp3) is 0.250. The predicted octanol–water partition coefficient (Wildman–Crippen LogP) is 3.55. The van der Waals surface area contributed by atoms with E-state index in [0.717, 1.165) is 30.2 Å². The summed E-state index contributed by atoms with van der Waals surface area (Å²) in [5, 5.41) is 6.25. The summed E-state index contributed by atoms with van der Waals surface area (Å²) in [5.41, 5.74) is 4.14. The molecule has 5 heteroatoms. The van der Waals surface area contributed by atoms with E-state index in [4.69, 9.17) is 11.6 Å². The molecule has 1 aromatic heterocycles. The summed E-state index contributed by atoms with van der Waals surface area (Å²) < 4.78 is 0. The Labute approximate surface area is 116 Å². The van der Waals surface area contributed by atoms with Crippen LogP contribution in [0.2, 0.25) is 5.02 Å².